The molecule has 3 aromatic carbocycles. The summed E-state index contributed by atoms with van der Waals surface area (Å²) in [4.78, 5) is 4.80. The van der Waals surface area contributed by atoms with Gasteiger partial charge in [0.2, 0.25) is 0 Å². The maximum absolute atomic E-state index is 6.01. The first-order chi connectivity index (χ1) is 14.7. The van der Waals surface area contributed by atoms with E-state index in [1.54, 1.807) is 0 Å². The van der Waals surface area contributed by atoms with Crippen molar-refractivity contribution in [2.75, 3.05) is 6.61 Å². The molecule has 0 aliphatic carbocycles. The van der Waals surface area contributed by atoms with Crippen LogP contribution in [-0.2, 0) is 13.2 Å². The zero-order chi connectivity index (χ0) is 20.8. The Bertz CT molecular complexity index is 1100. The lowest BCUT2D eigenvalue weighted by Crippen LogP contribution is -2.09. The number of aromatic nitrogens is 2. The number of benzene rings is 3. The zero-order valence-corrected chi connectivity index (χ0v) is 17.7. The molecule has 0 N–H and O–H groups in total. The van der Waals surface area contributed by atoms with Crippen LogP contribution in [0.4, 0.5) is 0 Å². The molecule has 0 saturated heterocycles. The molecule has 0 bridgehead atoms. The summed E-state index contributed by atoms with van der Waals surface area (Å²) < 4.78 is 14.2. The van der Waals surface area contributed by atoms with Crippen molar-refractivity contribution in [2.24, 2.45) is 0 Å². The molecule has 0 fully saturated rings. The highest BCUT2D eigenvalue weighted by Gasteiger charge is 2.11. The minimum Gasteiger partial charge on any atom is -0.493 e. The Hall–Kier alpha value is -3.27. The Labute approximate surface area is 178 Å². The van der Waals surface area contributed by atoms with Gasteiger partial charge in [0.25, 0.3) is 0 Å². The number of imidazole rings is 1. The van der Waals surface area contributed by atoms with Crippen LogP contribution in [-0.4, -0.2) is 16.2 Å². The van der Waals surface area contributed by atoms with Crippen molar-refractivity contribution in [3.8, 4) is 11.5 Å². The van der Waals surface area contributed by atoms with E-state index in [4.69, 9.17) is 14.5 Å². The highest BCUT2D eigenvalue weighted by atomic mass is 16.5. The van der Waals surface area contributed by atoms with E-state index < -0.39 is 0 Å². The van der Waals surface area contributed by atoms with Crippen LogP contribution in [0.15, 0.2) is 72.8 Å². The van der Waals surface area contributed by atoms with Crippen molar-refractivity contribution < 1.29 is 9.47 Å². The van der Waals surface area contributed by atoms with E-state index >= 15 is 0 Å². The smallest absolute Gasteiger partial charge is 0.147 e. The summed E-state index contributed by atoms with van der Waals surface area (Å²) in [5.41, 5.74) is 4.57. The summed E-state index contributed by atoms with van der Waals surface area (Å²) in [6.45, 7) is 6.25. The number of para-hydroxylation sites is 3. The van der Waals surface area contributed by atoms with Crippen LogP contribution in [0.25, 0.3) is 11.0 Å². The van der Waals surface area contributed by atoms with Crippen LogP contribution in [0.1, 0.15) is 29.8 Å². The van der Waals surface area contributed by atoms with E-state index in [9.17, 15) is 0 Å². The summed E-state index contributed by atoms with van der Waals surface area (Å²) in [5, 5.41) is 0. The van der Waals surface area contributed by atoms with Crippen LogP contribution in [0, 0.1) is 13.8 Å². The molecule has 0 spiro atoms. The van der Waals surface area contributed by atoms with E-state index in [0.717, 1.165) is 47.7 Å². The van der Waals surface area contributed by atoms with E-state index in [0.29, 0.717) is 13.2 Å². The van der Waals surface area contributed by atoms with Crippen LogP contribution < -0.4 is 9.47 Å². The first-order valence-electron chi connectivity index (χ1n) is 10.5. The van der Waals surface area contributed by atoms with Crippen LogP contribution >= 0.6 is 0 Å². The minimum absolute atomic E-state index is 0.456. The lowest BCUT2D eigenvalue weighted by molar-refractivity contribution is 0.284. The van der Waals surface area contributed by atoms with Crippen molar-refractivity contribution >= 4 is 11.0 Å². The van der Waals surface area contributed by atoms with Gasteiger partial charge in [0, 0.05) is 6.54 Å². The molecular formula is C26H28N2O2. The second-order valence-corrected chi connectivity index (χ2v) is 7.59. The van der Waals surface area contributed by atoms with E-state index in [2.05, 4.69) is 54.8 Å². The molecule has 4 heteroatoms. The molecule has 0 amide bonds. The number of unbranched alkanes of at least 4 members (excludes halogenated alkanes) is 1. The van der Waals surface area contributed by atoms with Gasteiger partial charge < -0.3 is 14.0 Å². The number of hydrogen-bond donors (Lipinski definition) is 0. The molecule has 0 unspecified atom stereocenters. The molecule has 0 saturated carbocycles. The van der Waals surface area contributed by atoms with Gasteiger partial charge in [0.1, 0.15) is 23.9 Å². The molecule has 0 aliphatic heterocycles. The Kier molecular flexibility index (Phi) is 6.33. The van der Waals surface area contributed by atoms with E-state index in [1.807, 2.05) is 36.4 Å². The van der Waals surface area contributed by atoms with Gasteiger partial charge in [-0.3, -0.25) is 0 Å². The first-order valence-corrected chi connectivity index (χ1v) is 10.5. The molecular weight excluding hydrogens is 372 g/mol. The van der Waals surface area contributed by atoms with E-state index in [-0.39, 0.29) is 0 Å². The van der Waals surface area contributed by atoms with Gasteiger partial charge in [-0.25, -0.2) is 4.98 Å². The normalized spacial score (nSPS) is 11.0. The van der Waals surface area contributed by atoms with Crippen molar-refractivity contribution in [1.82, 2.24) is 9.55 Å². The Balaban J connectivity index is 1.38. The third-order valence-electron chi connectivity index (χ3n) is 5.22. The predicted molar refractivity (Wildman–Crippen MR) is 121 cm³/mol. The summed E-state index contributed by atoms with van der Waals surface area (Å²) in [7, 11) is 0. The fourth-order valence-corrected chi connectivity index (χ4v) is 3.57. The summed E-state index contributed by atoms with van der Waals surface area (Å²) in [5.74, 6) is 2.80. The first kappa shape index (κ1) is 20.0. The van der Waals surface area contributed by atoms with Gasteiger partial charge in [0.15, 0.2) is 0 Å². The SMILES string of the molecule is Cc1ccc(C)c(OCCCCn2c(COc3ccccc3)nc3ccccc32)c1. The average molecular weight is 401 g/mol. The Morgan fingerprint density at radius 1 is 0.833 bits per heavy atom. The van der Waals surface area contributed by atoms with Gasteiger partial charge in [0.05, 0.1) is 17.6 Å². The van der Waals surface area contributed by atoms with Gasteiger partial charge >= 0.3 is 0 Å². The van der Waals surface area contributed by atoms with Crippen molar-refractivity contribution in [1.29, 1.82) is 0 Å². The standard InChI is InChI=1S/C26H28N2O2/c1-20-14-15-21(2)25(18-20)29-17-9-8-16-28-24-13-7-6-12-23(24)27-26(28)19-30-22-10-4-3-5-11-22/h3-7,10-15,18H,8-9,16-17,19H2,1-2H3. The quantitative estimate of drug-likeness (QED) is 0.319. The van der Waals surface area contributed by atoms with Crippen LogP contribution in [0.5, 0.6) is 11.5 Å². The molecule has 154 valence electrons. The topological polar surface area (TPSA) is 36.3 Å². The van der Waals surface area contributed by atoms with Gasteiger partial charge in [-0.05, 0) is 68.1 Å². The Morgan fingerprint density at radius 3 is 2.50 bits per heavy atom. The van der Waals surface area contributed by atoms with Gasteiger partial charge in [-0.15, -0.1) is 0 Å². The molecule has 1 heterocycles. The second kappa shape index (κ2) is 9.49. The maximum Gasteiger partial charge on any atom is 0.147 e. The summed E-state index contributed by atoms with van der Waals surface area (Å²) in [6.07, 6.45) is 2.00. The molecule has 1 aromatic heterocycles. The molecule has 0 atom stereocenters. The lowest BCUT2D eigenvalue weighted by atomic mass is 10.1. The Morgan fingerprint density at radius 2 is 1.63 bits per heavy atom. The molecule has 4 nitrogen and oxygen atoms in total. The maximum atomic E-state index is 6.01. The molecule has 0 radical (unpaired) electrons. The zero-order valence-electron chi connectivity index (χ0n) is 17.7. The highest BCUT2D eigenvalue weighted by Crippen LogP contribution is 2.21. The number of rotatable bonds is 9. The second-order valence-electron chi connectivity index (χ2n) is 7.59. The number of aryl methyl sites for hydroxylation is 3. The summed E-state index contributed by atoms with van der Waals surface area (Å²) >= 11 is 0. The number of ether oxygens (including phenoxy) is 2. The average Bonchev–Trinajstić information content (AvgIpc) is 3.12. The van der Waals surface area contributed by atoms with Crippen molar-refractivity contribution in [3.05, 3.63) is 89.7 Å². The third kappa shape index (κ3) is 4.82. The van der Waals surface area contributed by atoms with Crippen molar-refractivity contribution in [2.45, 2.75) is 39.8 Å². The van der Waals surface area contributed by atoms with Crippen molar-refractivity contribution in [3.63, 3.8) is 0 Å². The van der Waals surface area contributed by atoms with E-state index in [1.165, 1.54) is 11.1 Å². The predicted octanol–water partition coefficient (Wildman–Crippen LogP) is 6.09. The molecule has 0 aliphatic rings. The number of fused-ring (bicyclic) bond motifs is 1. The van der Waals surface area contributed by atoms with Crippen LogP contribution in [0.3, 0.4) is 0 Å². The van der Waals surface area contributed by atoms with Crippen LogP contribution in [0.2, 0.25) is 0 Å². The monoisotopic (exact) mass is 400 g/mol. The number of hydrogen-bond acceptors (Lipinski definition) is 3. The highest BCUT2D eigenvalue weighted by molar-refractivity contribution is 5.75. The fourth-order valence-electron chi connectivity index (χ4n) is 3.57. The minimum atomic E-state index is 0.456. The largest absolute Gasteiger partial charge is 0.493 e. The molecule has 30 heavy (non-hydrogen) atoms. The van der Waals surface area contributed by atoms with Gasteiger partial charge in [-0.2, -0.15) is 0 Å². The molecule has 4 aromatic rings. The fraction of sp³-hybridized carbons (Fsp3) is 0.269. The third-order valence-corrected chi connectivity index (χ3v) is 5.22. The lowest BCUT2D eigenvalue weighted by Gasteiger charge is -2.12. The molecule has 4 rings (SSSR count). The van der Waals surface area contributed by atoms with Gasteiger partial charge in [-0.1, -0.05) is 42.5 Å². The summed E-state index contributed by atoms with van der Waals surface area (Å²) in [6, 6.07) is 24.5. The number of nitrogens with zero attached hydrogens (tertiary/aromatic N) is 2.